The first kappa shape index (κ1) is 13.6. The summed E-state index contributed by atoms with van der Waals surface area (Å²) >= 11 is 5.10. The van der Waals surface area contributed by atoms with Crippen molar-refractivity contribution in [3.8, 4) is 0 Å². The lowest BCUT2D eigenvalue weighted by atomic mass is 10.0. The fourth-order valence-corrected chi connectivity index (χ4v) is 3.93. The minimum absolute atomic E-state index is 0.0142. The number of carbonyl (C=O) groups excluding carboxylic acids is 1. The van der Waals surface area contributed by atoms with Crippen molar-refractivity contribution in [2.45, 2.75) is 17.7 Å². The maximum Gasteiger partial charge on any atom is 0.233 e. The van der Waals surface area contributed by atoms with Gasteiger partial charge in [-0.1, -0.05) is 18.2 Å². The Balaban J connectivity index is 1.81. The molecule has 0 bridgehead atoms. The molecule has 20 heavy (non-hydrogen) atoms. The molecule has 0 saturated heterocycles. The van der Waals surface area contributed by atoms with Crippen LogP contribution in [0.25, 0.3) is 0 Å². The van der Waals surface area contributed by atoms with Crippen molar-refractivity contribution in [2.24, 2.45) is 0 Å². The first-order valence-electron chi connectivity index (χ1n) is 6.30. The predicted octanol–water partition coefficient (Wildman–Crippen LogP) is 3.98. The van der Waals surface area contributed by atoms with Gasteiger partial charge in [0.2, 0.25) is 5.91 Å². The summed E-state index contributed by atoms with van der Waals surface area (Å²) in [5, 5.41) is 2.94. The second-order valence-corrected chi connectivity index (χ2v) is 6.69. The summed E-state index contributed by atoms with van der Waals surface area (Å²) in [4.78, 5) is 17.9. The summed E-state index contributed by atoms with van der Waals surface area (Å²) in [6.45, 7) is 1.94. The van der Waals surface area contributed by atoms with Crippen molar-refractivity contribution in [1.82, 2.24) is 4.98 Å². The van der Waals surface area contributed by atoms with Crippen molar-refractivity contribution in [3.05, 3.63) is 52.1 Å². The van der Waals surface area contributed by atoms with Gasteiger partial charge in [-0.05, 0) is 46.1 Å². The van der Waals surface area contributed by atoms with Gasteiger partial charge >= 0.3 is 0 Å². The van der Waals surface area contributed by atoms with E-state index in [2.05, 4.69) is 32.3 Å². The topological polar surface area (TPSA) is 42.0 Å². The third kappa shape index (κ3) is 2.60. The third-order valence-corrected chi connectivity index (χ3v) is 4.92. The van der Waals surface area contributed by atoms with E-state index in [4.69, 9.17) is 0 Å². The Kier molecular flexibility index (Phi) is 3.81. The standard InChI is InChI=1S/C15H13BrN2OS/c1-9-6-10(16)7-17-14(9)18-15(19)12-8-20-13-5-3-2-4-11(12)13/h2-7,12H,8H2,1H3,(H,17,18,19). The van der Waals surface area contributed by atoms with Crippen molar-refractivity contribution in [3.63, 3.8) is 0 Å². The van der Waals surface area contributed by atoms with Gasteiger partial charge in [-0.2, -0.15) is 0 Å². The quantitative estimate of drug-likeness (QED) is 0.892. The molecule has 1 unspecified atom stereocenters. The highest BCUT2D eigenvalue weighted by atomic mass is 79.9. The maximum atomic E-state index is 12.4. The Morgan fingerprint density at radius 3 is 3.05 bits per heavy atom. The molecule has 1 aromatic carbocycles. The second kappa shape index (κ2) is 5.58. The molecule has 2 heterocycles. The number of pyridine rings is 1. The summed E-state index contributed by atoms with van der Waals surface area (Å²) in [5.41, 5.74) is 2.07. The predicted molar refractivity (Wildman–Crippen MR) is 85.2 cm³/mol. The van der Waals surface area contributed by atoms with E-state index in [-0.39, 0.29) is 11.8 Å². The van der Waals surface area contributed by atoms with E-state index in [0.29, 0.717) is 5.82 Å². The number of benzene rings is 1. The first-order chi connectivity index (χ1) is 9.65. The molecule has 0 aliphatic carbocycles. The molecule has 1 aliphatic rings. The molecule has 1 amide bonds. The fourth-order valence-electron chi connectivity index (χ4n) is 2.25. The second-order valence-electron chi connectivity index (χ2n) is 4.71. The molecular weight excluding hydrogens is 336 g/mol. The van der Waals surface area contributed by atoms with E-state index in [1.54, 1.807) is 18.0 Å². The van der Waals surface area contributed by atoms with Crippen LogP contribution < -0.4 is 5.32 Å². The molecule has 1 N–H and O–H groups in total. The average Bonchev–Trinajstić information content (AvgIpc) is 2.86. The smallest absolute Gasteiger partial charge is 0.233 e. The van der Waals surface area contributed by atoms with Crippen LogP contribution in [0.5, 0.6) is 0 Å². The number of hydrogen-bond acceptors (Lipinski definition) is 3. The van der Waals surface area contributed by atoms with Crippen LogP contribution in [0.1, 0.15) is 17.0 Å². The molecule has 5 heteroatoms. The largest absolute Gasteiger partial charge is 0.310 e. The van der Waals surface area contributed by atoms with Crippen LogP contribution in [0.4, 0.5) is 5.82 Å². The first-order valence-corrected chi connectivity index (χ1v) is 8.08. The average molecular weight is 349 g/mol. The van der Waals surface area contributed by atoms with Gasteiger partial charge in [0.25, 0.3) is 0 Å². The number of rotatable bonds is 2. The van der Waals surface area contributed by atoms with E-state index >= 15 is 0 Å². The number of hydrogen-bond donors (Lipinski definition) is 1. The van der Waals surface area contributed by atoms with Crippen LogP contribution in [0.15, 0.2) is 45.9 Å². The number of aromatic nitrogens is 1. The molecule has 0 fully saturated rings. The summed E-state index contributed by atoms with van der Waals surface area (Å²) in [6.07, 6.45) is 1.69. The zero-order valence-electron chi connectivity index (χ0n) is 10.9. The van der Waals surface area contributed by atoms with Gasteiger partial charge in [-0.25, -0.2) is 4.98 Å². The lowest BCUT2D eigenvalue weighted by Crippen LogP contribution is -2.22. The lowest BCUT2D eigenvalue weighted by molar-refractivity contribution is -0.117. The van der Waals surface area contributed by atoms with Crippen molar-refractivity contribution in [2.75, 3.05) is 11.1 Å². The molecule has 2 aromatic rings. The van der Waals surface area contributed by atoms with Crippen molar-refractivity contribution in [1.29, 1.82) is 0 Å². The molecule has 3 nitrogen and oxygen atoms in total. The van der Waals surface area contributed by atoms with Crippen molar-refractivity contribution >= 4 is 39.4 Å². The molecule has 3 rings (SSSR count). The molecule has 0 spiro atoms. The van der Waals surface area contributed by atoms with Gasteiger partial charge in [0, 0.05) is 21.3 Å². The number of fused-ring (bicyclic) bond motifs is 1. The number of nitrogens with zero attached hydrogens (tertiary/aromatic N) is 1. The zero-order chi connectivity index (χ0) is 14.1. The number of thioether (sulfide) groups is 1. The summed E-state index contributed by atoms with van der Waals surface area (Å²) in [7, 11) is 0. The Labute approximate surface area is 130 Å². The number of carbonyl (C=O) groups is 1. The highest BCUT2D eigenvalue weighted by Crippen LogP contribution is 2.39. The Morgan fingerprint density at radius 2 is 2.25 bits per heavy atom. The SMILES string of the molecule is Cc1cc(Br)cnc1NC(=O)C1CSc2ccccc21. The summed E-state index contributed by atoms with van der Waals surface area (Å²) in [6, 6.07) is 10.0. The molecule has 1 aliphatic heterocycles. The minimum Gasteiger partial charge on any atom is -0.310 e. The van der Waals surface area contributed by atoms with E-state index in [1.165, 1.54) is 4.90 Å². The number of nitrogens with one attached hydrogen (secondary N) is 1. The molecule has 102 valence electrons. The van der Waals surface area contributed by atoms with Crippen LogP contribution in [0.2, 0.25) is 0 Å². The zero-order valence-corrected chi connectivity index (χ0v) is 13.3. The summed E-state index contributed by atoms with van der Waals surface area (Å²) < 4.78 is 0.912. The van der Waals surface area contributed by atoms with E-state index in [0.717, 1.165) is 21.4 Å². The normalized spacial score (nSPS) is 16.8. The van der Waals surface area contributed by atoms with Gasteiger partial charge < -0.3 is 5.32 Å². The number of aryl methyl sites for hydroxylation is 1. The molecule has 1 atom stereocenters. The van der Waals surface area contributed by atoms with E-state index in [1.807, 2.05) is 31.2 Å². The van der Waals surface area contributed by atoms with Gasteiger partial charge in [-0.15, -0.1) is 11.8 Å². The highest BCUT2D eigenvalue weighted by Gasteiger charge is 2.29. The monoisotopic (exact) mass is 348 g/mol. The number of anilines is 1. The van der Waals surface area contributed by atoms with E-state index in [9.17, 15) is 4.79 Å². The Bertz CT molecular complexity index is 675. The molecular formula is C15H13BrN2OS. The van der Waals surface area contributed by atoms with Crippen LogP contribution in [0, 0.1) is 6.92 Å². The van der Waals surface area contributed by atoms with Crippen LogP contribution in [0.3, 0.4) is 0 Å². The molecule has 0 radical (unpaired) electrons. The van der Waals surface area contributed by atoms with Crippen LogP contribution >= 0.6 is 27.7 Å². The van der Waals surface area contributed by atoms with E-state index < -0.39 is 0 Å². The van der Waals surface area contributed by atoms with Gasteiger partial charge in [-0.3, -0.25) is 4.79 Å². The highest BCUT2D eigenvalue weighted by molar-refractivity contribution is 9.10. The maximum absolute atomic E-state index is 12.4. The summed E-state index contributed by atoms with van der Waals surface area (Å²) in [5.74, 6) is 1.34. The Morgan fingerprint density at radius 1 is 1.45 bits per heavy atom. The number of halogens is 1. The van der Waals surface area contributed by atoms with Crippen LogP contribution in [-0.2, 0) is 4.79 Å². The third-order valence-electron chi connectivity index (χ3n) is 3.30. The molecule has 1 aromatic heterocycles. The van der Waals surface area contributed by atoms with Gasteiger partial charge in [0.1, 0.15) is 5.82 Å². The fraction of sp³-hybridized carbons (Fsp3) is 0.200. The lowest BCUT2D eigenvalue weighted by Gasteiger charge is -2.12. The van der Waals surface area contributed by atoms with Crippen LogP contribution in [-0.4, -0.2) is 16.6 Å². The Hall–Kier alpha value is -1.33. The van der Waals surface area contributed by atoms with Gasteiger partial charge in [0.15, 0.2) is 0 Å². The minimum atomic E-state index is -0.0963. The van der Waals surface area contributed by atoms with Crippen molar-refractivity contribution < 1.29 is 4.79 Å². The molecule has 0 saturated carbocycles. The number of amides is 1. The van der Waals surface area contributed by atoms with Gasteiger partial charge in [0.05, 0.1) is 5.92 Å².